The molecule has 256 valence electrons. The van der Waals surface area contributed by atoms with E-state index in [1.807, 2.05) is 0 Å². The number of nitrogens with zero attached hydrogens (tertiary/aromatic N) is 2. The second kappa shape index (κ2) is 18.0. The predicted molar refractivity (Wildman–Crippen MR) is 167 cm³/mol. The Morgan fingerprint density at radius 2 is 1.73 bits per heavy atom. The van der Waals surface area contributed by atoms with E-state index in [4.69, 9.17) is 21.4 Å². The Morgan fingerprint density at radius 3 is 2.40 bits per heavy atom. The van der Waals surface area contributed by atoms with Gasteiger partial charge in [0.25, 0.3) is 0 Å². The summed E-state index contributed by atoms with van der Waals surface area (Å²) in [4.78, 5) is 16.8. The molecule has 1 aromatic carbocycles. The molecule has 1 aromatic rings. The first-order chi connectivity index (χ1) is 21.6. The summed E-state index contributed by atoms with van der Waals surface area (Å²) in [7, 11) is 0. The summed E-state index contributed by atoms with van der Waals surface area (Å²) in [6.07, 6.45) is -0.886. The Labute approximate surface area is 269 Å². The van der Waals surface area contributed by atoms with Crippen molar-refractivity contribution in [3.8, 4) is 5.75 Å². The zero-order valence-corrected chi connectivity index (χ0v) is 26.6. The van der Waals surface area contributed by atoms with Crippen LogP contribution in [-0.2, 0) is 11.2 Å². The number of halogens is 2. The molecule has 3 heterocycles. The topological polar surface area (TPSA) is 170 Å². The van der Waals surface area contributed by atoms with E-state index in [1.165, 1.54) is 6.07 Å². The summed E-state index contributed by atoms with van der Waals surface area (Å²) in [5.74, 6) is 0.822. The molecule has 0 spiro atoms. The molecule has 1 amide bonds. The van der Waals surface area contributed by atoms with Crippen molar-refractivity contribution in [2.75, 3.05) is 65.6 Å². The highest BCUT2D eigenvalue weighted by molar-refractivity contribution is 6.21. The van der Waals surface area contributed by atoms with Crippen LogP contribution in [-0.4, -0.2) is 143 Å². The minimum Gasteiger partial charge on any atom is -0.493 e. The van der Waals surface area contributed by atoms with Crippen LogP contribution in [0.1, 0.15) is 37.7 Å². The van der Waals surface area contributed by atoms with Crippen molar-refractivity contribution in [2.45, 2.75) is 74.6 Å². The van der Waals surface area contributed by atoms with E-state index in [-0.39, 0.29) is 36.5 Å². The van der Waals surface area contributed by atoms with Gasteiger partial charge < -0.3 is 40.5 Å². The molecule has 0 unspecified atom stereocenters. The molecule has 3 aliphatic rings. The predicted octanol–water partition coefficient (Wildman–Crippen LogP) is -0.803. The van der Waals surface area contributed by atoms with Crippen molar-refractivity contribution in [2.24, 2.45) is 11.8 Å². The molecule has 4 rings (SSSR count). The number of hydrogen-bond acceptors (Lipinski definition) is 11. The van der Waals surface area contributed by atoms with Crippen molar-refractivity contribution in [3.05, 3.63) is 29.6 Å². The lowest BCUT2D eigenvalue weighted by molar-refractivity contribution is -0.136. The Balaban J connectivity index is 1.05. The van der Waals surface area contributed by atoms with Gasteiger partial charge >= 0.3 is 0 Å². The van der Waals surface area contributed by atoms with Crippen molar-refractivity contribution in [3.63, 3.8) is 0 Å². The second-order valence-corrected chi connectivity index (χ2v) is 13.3. The third-order valence-electron chi connectivity index (χ3n) is 9.19. The van der Waals surface area contributed by atoms with Gasteiger partial charge in [0.1, 0.15) is 36.2 Å². The fourth-order valence-electron chi connectivity index (χ4n) is 6.18. The number of rotatable bonds is 17. The fourth-order valence-corrected chi connectivity index (χ4v) is 6.35. The van der Waals surface area contributed by atoms with E-state index in [0.717, 1.165) is 58.3 Å². The zero-order chi connectivity index (χ0) is 32.3. The molecule has 3 aliphatic heterocycles. The first-order valence-corrected chi connectivity index (χ1v) is 16.7. The third kappa shape index (κ3) is 11.0. The highest BCUT2D eigenvalue weighted by Crippen LogP contribution is 2.25. The van der Waals surface area contributed by atoms with Crippen LogP contribution in [0.15, 0.2) is 18.2 Å². The summed E-state index contributed by atoms with van der Waals surface area (Å²) >= 11 is 6.15. The molecule has 0 aromatic heterocycles. The van der Waals surface area contributed by atoms with E-state index in [2.05, 4.69) is 20.9 Å². The van der Waals surface area contributed by atoms with Gasteiger partial charge in [0.15, 0.2) is 0 Å². The number of alkyl halides is 1. The van der Waals surface area contributed by atoms with Crippen molar-refractivity contribution in [1.82, 2.24) is 25.8 Å². The maximum atomic E-state index is 14.8. The van der Waals surface area contributed by atoms with E-state index < -0.39 is 36.8 Å². The molecule has 45 heavy (non-hydrogen) atoms. The van der Waals surface area contributed by atoms with Gasteiger partial charge in [0.05, 0.1) is 31.1 Å². The van der Waals surface area contributed by atoms with Crippen LogP contribution in [0.2, 0.25) is 0 Å². The lowest BCUT2D eigenvalue weighted by Gasteiger charge is -2.41. The molecular formula is C31H51ClFN5O7. The van der Waals surface area contributed by atoms with Crippen LogP contribution >= 0.6 is 11.6 Å². The number of carbonyl (C=O) groups excluding carboxylic acids is 1. The van der Waals surface area contributed by atoms with E-state index >= 15 is 0 Å². The number of piperidine rings is 1. The Kier molecular flexibility index (Phi) is 14.5. The first kappa shape index (κ1) is 36.2. The van der Waals surface area contributed by atoms with Gasteiger partial charge in [0, 0.05) is 51.9 Å². The first-order valence-electron chi connectivity index (χ1n) is 16.2. The van der Waals surface area contributed by atoms with Crippen molar-refractivity contribution >= 4 is 17.5 Å². The molecule has 8 N–H and O–H groups in total. The average Bonchev–Trinajstić information content (AvgIpc) is 3.02. The summed E-state index contributed by atoms with van der Waals surface area (Å²) < 4.78 is 20.6. The van der Waals surface area contributed by atoms with Crippen LogP contribution in [0.4, 0.5) is 4.39 Å². The van der Waals surface area contributed by atoms with Gasteiger partial charge in [0.2, 0.25) is 5.91 Å². The summed E-state index contributed by atoms with van der Waals surface area (Å²) in [6.45, 7) is 5.20. The SMILES string of the molecule is O=C(Cc1ccc(OCCCC2CCN(C3NCC(Cl)CN3)CC2)cc1F)N1CC(CCNC[C@H](O)[C@@H](O)[C@H](O)[C@H](O)CO)C1. The van der Waals surface area contributed by atoms with Gasteiger partial charge in [-0.05, 0) is 62.1 Å². The molecule has 0 saturated carbocycles. The van der Waals surface area contributed by atoms with E-state index in [9.17, 15) is 29.6 Å². The number of aliphatic hydroxyl groups excluding tert-OH is 5. The summed E-state index contributed by atoms with van der Waals surface area (Å²) in [5.41, 5.74) is 0.341. The number of ether oxygens (including phenoxy) is 1. The molecule has 4 atom stereocenters. The fraction of sp³-hybridized carbons (Fsp3) is 0.774. The lowest BCUT2D eigenvalue weighted by Crippen LogP contribution is -2.62. The summed E-state index contributed by atoms with van der Waals surface area (Å²) in [6, 6.07) is 4.70. The van der Waals surface area contributed by atoms with Crippen molar-refractivity contribution in [1.29, 1.82) is 0 Å². The number of aliphatic hydroxyl groups is 5. The van der Waals surface area contributed by atoms with Crippen LogP contribution in [0.5, 0.6) is 5.75 Å². The third-order valence-corrected chi connectivity index (χ3v) is 9.50. The van der Waals surface area contributed by atoms with E-state index in [1.54, 1.807) is 17.0 Å². The zero-order valence-electron chi connectivity index (χ0n) is 25.9. The molecule has 0 radical (unpaired) electrons. The standard InChI is InChI=1S/C31H51ClFN5O7/c32-23-14-35-31(36-15-23)37-9-6-20(7-10-37)2-1-11-45-24-4-3-22(25(33)13-24)12-28(42)38-17-21(18-38)5-8-34-16-26(40)29(43)30(44)27(41)19-39/h3-4,13,20-21,23,26-27,29-31,34-36,39-41,43-44H,1-2,5-12,14-19H2/t23?,26-,27+,29+,30+,31?/m0/s1. The molecule has 0 bridgehead atoms. The number of nitrogens with one attached hydrogen (secondary N) is 3. The van der Waals surface area contributed by atoms with Gasteiger partial charge in [-0.25, -0.2) is 4.39 Å². The Morgan fingerprint density at radius 1 is 1.04 bits per heavy atom. The molecule has 3 fully saturated rings. The number of amides is 1. The van der Waals surface area contributed by atoms with Gasteiger partial charge in [-0.15, -0.1) is 11.6 Å². The second-order valence-electron chi connectivity index (χ2n) is 12.7. The summed E-state index contributed by atoms with van der Waals surface area (Å²) in [5, 5.41) is 57.7. The average molecular weight is 660 g/mol. The molecule has 3 saturated heterocycles. The van der Waals surface area contributed by atoms with Crippen LogP contribution in [0.3, 0.4) is 0 Å². The number of carbonyl (C=O) groups is 1. The monoisotopic (exact) mass is 659 g/mol. The highest BCUT2D eigenvalue weighted by Gasteiger charge is 2.32. The molecule has 14 heteroatoms. The largest absolute Gasteiger partial charge is 0.493 e. The maximum Gasteiger partial charge on any atom is 0.227 e. The van der Waals surface area contributed by atoms with Crippen molar-refractivity contribution < 1.29 is 39.5 Å². The Bertz CT molecular complexity index is 1040. The molecule has 0 aliphatic carbocycles. The number of benzene rings is 1. The quantitative estimate of drug-likeness (QED) is 0.0778. The molecule has 12 nitrogen and oxygen atoms in total. The minimum absolute atomic E-state index is 0.00296. The highest BCUT2D eigenvalue weighted by atomic mass is 35.5. The number of hydrogen-bond donors (Lipinski definition) is 8. The van der Waals surface area contributed by atoms with Crippen LogP contribution in [0.25, 0.3) is 0 Å². The van der Waals surface area contributed by atoms with Crippen LogP contribution in [0, 0.1) is 17.7 Å². The van der Waals surface area contributed by atoms with Crippen LogP contribution < -0.4 is 20.7 Å². The van der Waals surface area contributed by atoms with Gasteiger partial charge in [-0.2, -0.15) is 0 Å². The lowest BCUT2D eigenvalue weighted by atomic mass is 9.92. The van der Waals surface area contributed by atoms with Gasteiger partial charge in [-0.1, -0.05) is 6.07 Å². The van der Waals surface area contributed by atoms with E-state index in [0.29, 0.717) is 43.5 Å². The molecular weight excluding hydrogens is 609 g/mol. The smallest absolute Gasteiger partial charge is 0.227 e. The number of likely N-dealkylation sites (tertiary alicyclic amines) is 2. The minimum atomic E-state index is -1.65. The Hall–Kier alpha value is -1.65. The maximum absolute atomic E-state index is 14.8. The normalized spacial score (nSPS) is 24.6. The van der Waals surface area contributed by atoms with Gasteiger partial charge in [-0.3, -0.25) is 20.3 Å².